The Morgan fingerprint density at radius 1 is 1.17 bits per heavy atom. The van der Waals surface area contributed by atoms with Gasteiger partial charge in [-0.15, -0.1) is 0 Å². The monoisotopic (exact) mass is 335 g/mol. The van der Waals surface area contributed by atoms with Crippen LogP contribution in [0.4, 0.5) is 11.4 Å². The van der Waals surface area contributed by atoms with Crippen molar-refractivity contribution >= 4 is 35.0 Å². The maximum absolute atomic E-state index is 12.0. The number of anilines is 2. The molecule has 1 aromatic carbocycles. The average Bonchev–Trinajstić information content (AvgIpc) is 2.49. The molecule has 23 heavy (non-hydrogen) atoms. The molecule has 0 spiro atoms. The van der Waals surface area contributed by atoms with Gasteiger partial charge in [0.15, 0.2) is 0 Å². The van der Waals surface area contributed by atoms with E-state index in [4.69, 9.17) is 0 Å². The van der Waals surface area contributed by atoms with Crippen molar-refractivity contribution in [3.05, 3.63) is 24.3 Å². The highest BCUT2D eigenvalue weighted by Crippen LogP contribution is 2.16. The molecule has 5 nitrogen and oxygen atoms in total. The molecule has 1 fully saturated rings. The van der Waals surface area contributed by atoms with Gasteiger partial charge >= 0.3 is 0 Å². The molecule has 0 saturated carbocycles. The highest BCUT2D eigenvalue weighted by molar-refractivity contribution is 7.99. The molecular formula is C17H25N3O2S. The molecule has 1 saturated heterocycles. The van der Waals surface area contributed by atoms with E-state index in [9.17, 15) is 9.59 Å². The van der Waals surface area contributed by atoms with Gasteiger partial charge < -0.3 is 16.0 Å². The van der Waals surface area contributed by atoms with Crippen LogP contribution < -0.4 is 16.0 Å². The van der Waals surface area contributed by atoms with Crippen molar-refractivity contribution in [1.29, 1.82) is 0 Å². The van der Waals surface area contributed by atoms with Gasteiger partial charge in [0.1, 0.15) is 0 Å². The van der Waals surface area contributed by atoms with E-state index in [0.717, 1.165) is 29.4 Å². The average molecular weight is 335 g/mol. The summed E-state index contributed by atoms with van der Waals surface area (Å²) >= 11 is 1.88. The van der Waals surface area contributed by atoms with Gasteiger partial charge in [-0.05, 0) is 30.2 Å². The maximum Gasteiger partial charge on any atom is 0.225 e. The minimum atomic E-state index is 0.0117. The Labute approximate surface area is 142 Å². The quantitative estimate of drug-likeness (QED) is 0.747. The number of carbonyl (C=O) groups is 2. The first-order valence-corrected chi connectivity index (χ1v) is 9.19. The zero-order chi connectivity index (χ0) is 16.7. The molecule has 3 N–H and O–H groups in total. The highest BCUT2D eigenvalue weighted by Gasteiger charge is 2.16. The zero-order valence-electron chi connectivity index (χ0n) is 13.7. The molecule has 0 bridgehead atoms. The van der Waals surface area contributed by atoms with Gasteiger partial charge in [-0.2, -0.15) is 11.8 Å². The van der Waals surface area contributed by atoms with Crippen molar-refractivity contribution in [2.24, 2.45) is 5.92 Å². The van der Waals surface area contributed by atoms with E-state index in [2.05, 4.69) is 16.0 Å². The van der Waals surface area contributed by atoms with E-state index in [0.29, 0.717) is 18.8 Å². The fourth-order valence-corrected chi connectivity index (χ4v) is 3.36. The second-order valence-electron chi connectivity index (χ2n) is 6.20. The maximum atomic E-state index is 12.0. The van der Waals surface area contributed by atoms with Crippen LogP contribution in [0.3, 0.4) is 0 Å². The Kier molecular flexibility index (Phi) is 6.92. The third-order valence-electron chi connectivity index (χ3n) is 3.48. The summed E-state index contributed by atoms with van der Waals surface area (Å²) in [6.07, 6.45) is 0.991. The van der Waals surface area contributed by atoms with Crippen molar-refractivity contribution in [3.8, 4) is 0 Å². The molecule has 1 aliphatic heterocycles. The summed E-state index contributed by atoms with van der Waals surface area (Å²) in [6.45, 7) is 4.99. The number of hydrogen-bond acceptors (Lipinski definition) is 4. The van der Waals surface area contributed by atoms with Gasteiger partial charge in [-0.25, -0.2) is 0 Å². The topological polar surface area (TPSA) is 70.2 Å². The zero-order valence-corrected chi connectivity index (χ0v) is 14.5. The number of benzene rings is 1. The van der Waals surface area contributed by atoms with Gasteiger partial charge in [0.05, 0.1) is 0 Å². The number of nitrogens with one attached hydrogen (secondary N) is 3. The molecule has 1 aliphatic rings. The molecule has 2 rings (SSSR count). The van der Waals surface area contributed by atoms with Gasteiger partial charge in [-0.3, -0.25) is 9.59 Å². The van der Waals surface area contributed by atoms with Crippen LogP contribution in [0.25, 0.3) is 0 Å². The largest absolute Gasteiger partial charge is 0.326 e. The first-order valence-electron chi connectivity index (χ1n) is 8.04. The summed E-state index contributed by atoms with van der Waals surface area (Å²) < 4.78 is 0. The van der Waals surface area contributed by atoms with Gasteiger partial charge in [0.2, 0.25) is 11.8 Å². The van der Waals surface area contributed by atoms with Crippen molar-refractivity contribution in [2.75, 3.05) is 28.7 Å². The van der Waals surface area contributed by atoms with Crippen LogP contribution in [0.1, 0.15) is 26.7 Å². The van der Waals surface area contributed by atoms with Crippen LogP contribution in [0, 0.1) is 5.92 Å². The molecule has 0 aliphatic carbocycles. The Hall–Kier alpha value is -1.53. The number of rotatable bonds is 6. The van der Waals surface area contributed by atoms with Crippen molar-refractivity contribution < 1.29 is 9.59 Å². The summed E-state index contributed by atoms with van der Waals surface area (Å²) in [7, 11) is 0. The molecule has 6 heteroatoms. The Balaban J connectivity index is 1.79. The smallest absolute Gasteiger partial charge is 0.225 e. The Bertz CT molecular complexity index is 525. The minimum absolute atomic E-state index is 0.0117. The molecule has 0 radical (unpaired) electrons. The molecular weight excluding hydrogens is 310 g/mol. The van der Waals surface area contributed by atoms with E-state index in [1.165, 1.54) is 0 Å². The predicted octanol–water partition coefficient (Wildman–Crippen LogP) is 2.70. The highest BCUT2D eigenvalue weighted by atomic mass is 32.2. The summed E-state index contributed by atoms with van der Waals surface area (Å²) in [5.74, 6) is 2.45. The lowest BCUT2D eigenvalue weighted by atomic mass is 10.1. The third-order valence-corrected chi connectivity index (χ3v) is 4.61. The number of amides is 2. The van der Waals surface area contributed by atoms with Crippen LogP contribution in [-0.2, 0) is 9.59 Å². The lowest BCUT2D eigenvalue weighted by Gasteiger charge is -2.22. The number of carbonyl (C=O) groups excluding carboxylic acids is 2. The molecule has 1 heterocycles. The van der Waals surface area contributed by atoms with Crippen LogP contribution in [0.15, 0.2) is 24.3 Å². The van der Waals surface area contributed by atoms with Gasteiger partial charge in [-0.1, -0.05) is 13.8 Å². The van der Waals surface area contributed by atoms with Crippen LogP contribution in [0.2, 0.25) is 0 Å². The van der Waals surface area contributed by atoms with E-state index >= 15 is 0 Å². The Morgan fingerprint density at radius 2 is 1.78 bits per heavy atom. The molecule has 0 aromatic heterocycles. The summed E-state index contributed by atoms with van der Waals surface area (Å²) in [5, 5.41) is 9.11. The molecule has 2 amide bonds. The standard InChI is InChI=1S/C17H25N3O2S/c1-12(2)9-16(21)19-13-3-5-14(6-4-13)20-17(22)10-15-11-23-8-7-18-15/h3-6,12,15,18H,7-11H2,1-2H3,(H,19,21)(H,20,22). The third kappa shape index (κ3) is 6.62. The summed E-state index contributed by atoms with van der Waals surface area (Å²) in [5.41, 5.74) is 1.50. The first-order chi connectivity index (χ1) is 11.0. The lowest BCUT2D eigenvalue weighted by Crippen LogP contribution is -2.39. The van der Waals surface area contributed by atoms with Crippen LogP contribution in [0.5, 0.6) is 0 Å². The fourth-order valence-electron chi connectivity index (χ4n) is 2.41. The van der Waals surface area contributed by atoms with E-state index in [-0.39, 0.29) is 17.9 Å². The summed E-state index contributed by atoms with van der Waals surface area (Å²) in [6, 6.07) is 7.49. The molecule has 1 atom stereocenters. The van der Waals surface area contributed by atoms with Crippen molar-refractivity contribution in [1.82, 2.24) is 5.32 Å². The van der Waals surface area contributed by atoms with Crippen LogP contribution in [-0.4, -0.2) is 35.9 Å². The van der Waals surface area contributed by atoms with Gasteiger partial charge in [0.25, 0.3) is 0 Å². The second kappa shape index (κ2) is 8.93. The molecule has 126 valence electrons. The van der Waals surface area contributed by atoms with E-state index in [1.54, 1.807) is 0 Å². The van der Waals surface area contributed by atoms with E-state index in [1.807, 2.05) is 49.9 Å². The normalized spacial score (nSPS) is 17.8. The first kappa shape index (κ1) is 17.8. The molecule has 1 aromatic rings. The van der Waals surface area contributed by atoms with Crippen LogP contribution >= 0.6 is 11.8 Å². The second-order valence-corrected chi connectivity index (χ2v) is 7.35. The van der Waals surface area contributed by atoms with E-state index < -0.39 is 0 Å². The van der Waals surface area contributed by atoms with Gasteiger partial charge in [0, 0.05) is 48.3 Å². The fraction of sp³-hybridized carbons (Fsp3) is 0.529. The Morgan fingerprint density at radius 3 is 2.30 bits per heavy atom. The number of hydrogen-bond donors (Lipinski definition) is 3. The summed E-state index contributed by atoms with van der Waals surface area (Å²) in [4.78, 5) is 23.8. The number of thioether (sulfide) groups is 1. The predicted molar refractivity (Wildman–Crippen MR) is 96.9 cm³/mol. The SMILES string of the molecule is CC(C)CC(=O)Nc1ccc(NC(=O)CC2CSCCN2)cc1. The van der Waals surface area contributed by atoms with Crippen molar-refractivity contribution in [3.63, 3.8) is 0 Å². The lowest BCUT2D eigenvalue weighted by molar-refractivity contribution is -0.117. The minimum Gasteiger partial charge on any atom is -0.326 e. The van der Waals surface area contributed by atoms with Crippen molar-refractivity contribution in [2.45, 2.75) is 32.7 Å². The molecule has 1 unspecified atom stereocenters.